The predicted molar refractivity (Wildman–Crippen MR) is 79.9 cm³/mol. The van der Waals surface area contributed by atoms with Gasteiger partial charge in [-0.05, 0) is 19.4 Å². The van der Waals surface area contributed by atoms with Crippen molar-refractivity contribution in [3.8, 4) is 0 Å². The zero-order valence-electron chi connectivity index (χ0n) is 12.7. The van der Waals surface area contributed by atoms with Crippen molar-refractivity contribution in [3.05, 3.63) is 35.9 Å². The van der Waals surface area contributed by atoms with Gasteiger partial charge in [0.15, 0.2) is 5.79 Å². The molecule has 1 saturated heterocycles. The van der Waals surface area contributed by atoms with Crippen LogP contribution >= 0.6 is 0 Å². The van der Waals surface area contributed by atoms with E-state index in [1.54, 1.807) is 0 Å². The molecule has 1 heterocycles. The summed E-state index contributed by atoms with van der Waals surface area (Å²) in [5.74, 6) is -0.509. The largest absolute Gasteiger partial charge is 0.395 e. The molecule has 1 aliphatic rings. The molecule has 2 atom stereocenters. The molecule has 118 valence electrons. The van der Waals surface area contributed by atoms with Gasteiger partial charge in [-0.15, -0.1) is 0 Å². The van der Waals surface area contributed by atoms with Gasteiger partial charge in [0.2, 0.25) is 0 Å². The number of aliphatic hydroxyl groups excluding tert-OH is 1. The second-order valence-electron chi connectivity index (χ2n) is 5.74. The lowest BCUT2D eigenvalue weighted by Gasteiger charge is -2.20. The van der Waals surface area contributed by atoms with Crippen LogP contribution in [0.25, 0.3) is 0 Å². The molecule has 0 aromatic heterocycles. The number of benzene rings is 1. The van der Waals surface area contributed by atoms with Crippen molar-refractivity contribution in [1.82, 2.24) is 5.32 Å². The van der Waals surface area contributed by atoms with Crippen molar-refractivity contribution in [2.45, 2.75) is 38.4 Å². The van der Waals surface area contributed by atoms with Crippen LogP contribution in [0.15, 0.2) is 30.3 Å². The summed E-state index contributed by atoms with van der Waals surface area (Å²) in [7, 11) is 0. The summed E-state index contributed by atoms with van der Waals surface area (Å²) in [6.45, 7) is 6.06. The molecule has 0 amide bonds. The summed E-state index contributed by atoms with van der Waals surface area (Å²) in [4.78, 5) is 0. The molecule has 5 nitrogen and oxygen atoms in total. The van der Waals surface area contributed by atoms with Crippen molar-refractivity contribution in [3.63, 3.8) is 0 Å². The number of hydrogen-bond acceptors (Lipinski definition) is 5. The fraction of sp³-hybridized carbons (Fsp3) is 0.625. The van der Waals surface area contributed by atoms with E-state index in [-0.39, 0.29) is 18.8 Å². The van der Waals surface area contributed by atoms with E-state index in [9.17, 15) is 5.11 Å². The van der Waals surface area contributed by atoms with Gasteiger partial charge in [-0.3, -0.25) is 0 Å². The van der Waals surface area contributed by atoms with Gasteiger partial charge in [0, 0.05) is 6.54 Å². The maximum Gasteiger partial charge on any atom is 0.163 e. The second kappa shape index (κ2) is 7.87. The van der Waals surface area contributed by atoms with Crippen LogP contribution < -0.4 is 5.32 Å². The third kappa shape index (κ3) is 5.73. The Kier molecular flexibility index (Phi) is 6.14. The lowest BCUT2D eigenvalue weighted by Crippen LogP contribution is -2.42. The molecule has 1 aromatic carbocycles. The molecule has 2 N–H and O–H groups in total. The van der Waals surface area contributed by atoms with Gasteiger partial charge in [-0.2, -0.15) is 0 Å². The Morgan fingerprint density at radius 3 is 2.76 bits per heavy atom. The number of ether oxygens (including phenoxy) is 3. The molecule has 2 rings (SSSR count). The van der Waals surface area contributed by atoms with Crippen LogP contribution in [0, 0.1) is 0 Å². The monoisotopic (exact) mass is 295 g/mol. The van der Waals surface area contributed by atoms with E-state index in [2.05, 4.69) is 5.32 Å². The van der Waals surface area contributed by atoms with Crippen LogP contribution in [-0.4, -0.2) is 49.4 Å². The lowest BCUT2D eigenvalue weighted by molar-refractivity contribution is -0.138. The van der Waals surface area contributed by atoms with E-state index in [0.717, 1.165) is 5.56 Å². The van der Waals surface area contributed by atoms with Gasteiger partial charge in [-0.25, -0.2) is 0 Å². The van der Waals surface area contributed by atoms with Crippen LogP contribution in [0.4, 0.5) is 0 Å². The lowest BCUT2D eigenvalue weighted by atomic mass is 10.2. The van der Waals surface area contributed by atoms with Gasteiger partial charge in [0.25, 0.3) is 0 Å². The molecule has 5 heteroatoms. The molecule has 0 saturated carbocycles. The molecule has 0 radical (unpaired) electrons. The van der Waals surface area contributed by atoms with Gasteiger partial charge in [0.05, 0.1) is 38.6 Å². The summed E-state index contributed by atoms with van der Waals surface area (Å²) < 4.78 is 16.8. The van der Waals surface area contributed by atoms with Crippen molar-refractivity contribution in [1.29, 1.82) is 0 Å². The first-order chi connectivity index (χ1) is 10.1. The zero-order valence-corrected chi connectivity index (χ0v) is 12.7. The summed E-state index contributed by atoms with van der Waals surface area (Å²) >= 11 is 0. The Hall–Kier alpha value is -0.980. The summed E-state index contributed by atoms with van der Waals surface area (Å²) in [5.41, 5.74) is 1.13. The summed E-state index contributed by atoms with van der Waals surface area (Å²) in [5, 5.41) is 12.6. The molecule has 0 spiro atoms. The van der Waals surface area contributed by atoms with Crippen LogP contribution in [0.3, 0.4) is 0 Å². The van der Waals surface area contributed by atoms with Crippen LogP contribution in [0.2, 0.25) is 0 Å². The molecule has 0 bridgehead atoms. The highest BCUT2D eigenvalue weighted by atomic mass is 16.7. The fourth-order valence-corrected chi connectivity index (χ4v) is 2.23. The first kappa shape index (κ1) is 16.4. The third-order valence-corrected chi connectivity index (χ3v) is 3.35. The fourth-order valence-electron chi connectivity index (χ4n) is 2.23. The Labute approximate surface area is 126 Å². The standard InChI is InChI=1S/C16H25NO4/c1-16(2)20-12-15(21-16)8-17-14(9-18)11-19-10-13-6-4-3-5-7-13/h3-7,14-15,17-18H,8-12H2,1-2H3/t14-,15+/m1/s1. The van der Waals surface area contributed by atoms with Gasteiger partial charge in [-0.1, -0.05) is 30.3 Å². The highest BCUT2D eigenvalue weighted by Crippen LogP contribution is 2.21. The maximum atomic E-state index is 9.39. The van der Waals surface area contributed by atoms with E-state index in [4.69, 9.17) is 14.2 Å². The molecule has 0 unspecified atom stereocenters. The topological polar surface area (TPSA) is 60.0 Å². The minimum absolute atomic E-state index is 0.0168. The van der Waals surface area contributed by atoms with Crippen molar-refractivity contribution < 1.29 is 19.3 Å². The van der Waals surface area contributed by atoms with E-state index < -0.39 is 5.79 Å². The van der Waals surface area contributed by atoms with Gasteiger partial charge in [0.1, 0.15) is 0 Å². The van der Waals surface area contributed by atoms with E-state index in [1.807, 2.05) is 44.2 Å². The maximum absolute atomic E-state index is 9.39. The molecule has 0 aliphatic carbocycles. The molecule has 1 fully saturated rings. The second-order valence-corrected chi connectivity index (χ2v) is 5.74. The molecular formula is C16H25NO4. The van der Waals surface area contributed by atoms with Crippen LogP contribution in [0.5, 0.6) is 0 Å². The highest BCUT2D eigenvalue weighted by Gasteiger charge is 2.32. The molecule has 1 aromatic rings. The van der Waals surface area contributed by atoms with Gasteiger partial charge < -0.3 is 24.6 Å². The summed E-state index contributed by atoms with van der Waals surface area (Å²) in [6, 6.07) is 9.90. The van der Waals surface area contributed by atoms with Crippen molar-refractivity contribution in [2.24, 2.45) is 0 Å². The van der Waals surface area contributed by atoms with Crippen LogP contribution in [-0.2, 0) is 20.8 Å². The Balaban J connectivity index is 1.64. The average molecular weight is 295 g/mol. The first-order valence-corrected chi connectivity index (χ1v) is 7.37. The summed E-state index contributed by atoms with van der Waals surface area (Å²) in [6.07, 6.45) is 0.0168. The highest BCUT2D eigenvalue weighted by molar-refractivity contribution is 5.13. The minimum Gasteiger partial charge on any atom is -0.395 e. The van der Waals surface area contributed by atoms with Crippen LogP contribution in [0.1, 0.15) is 19.4 Å². The minimum atomic E-state index is -0.509. The Morgan fingerprint density at radius 2 is 2.14 bits per heavy atom. The average Bonchev–Trinajstić information content (AvgIpc) is 2.83. The van der Waals surface area contributed by atoms with E-state index in [1.165, 1.54) is 0 Å². The van der Waals surface area contributed by atoms with E-state index in [0.29, 0.717) is 26.4 Å². The molecule has 21 heavy (non-hydrogen) atoms. The smallest absolute Gasteiger partial charge is 0.163 e. The normalized spacial score (nSPS) is 22.3. The molecule has 1 aliphatic heterocycles. The Bertz CT molecular complexity index is 410. The SMILES string of the molecule is CC1(C)OC[C@H](CN[C@H](CO)COCc2ccccc2)O1. The number of rotatable bonds is 8. The number of nitrogens with one attached hydrogen (secondary N) is 1. The van der Waals surface area contributed by atoms with Crippen molar-refractivity contribution in [2.75, 3.05) is 26.4 Å². The number of aliphatic hydroxyl groups is 1. The predicted octanol–water partition coefficient (Wildman–Crippen LogP) is 1.31. The van der Waals surface area contributed by atoms with E-state index >= 15 is 0 Å². The van der Waals surface area contributed by atoms with Crippen molar-refractivity contribution >= 4 is 0 Å². The van der Waals surface area contributed by atoms with Gasteiger partial charge >= 0.3 is 0 Å². The quantitative estimate of drug-likeness (QED) is 0.757. The Morgan fingerprint density at radius 1 is 1.38 bits per heavy atom. The molecular weight excluding hydrogens is 270 g/mol. The number of hydrogen-bond donors (Lipinski definition) is 2. The third-order valence-electron chi connectivity index (χ3n) is 3.35. The zero-order chi connectivity index (χ0) is 15.1. The first-order valence-electron chi connectivity index (χ1n) is 7.37.